The fourth-order valence-electron chi connectivity index (χ4n) is 2.69. The maximum atomic E-state index is 12.2. The summed E-state index contributed by atoms with van der Waals surface area (Å²) in [6.07, 6.45) is 3.86. The average molecular weight is 288 g/mol. The summed E-state index contributed by atoms with van der Waals surface area (Å²) >= 11 is 0. The lowest BCUT2D eigenvalue weighted by molar-refractivity contribution is -0.131. The van der Waals surface area contributed by atoms with Crippen molar-refractivity contribution < 1.29 is 9.59 Å². The Labute approximate surface area is 126 Å². The largest absolute Gasteiger partial charge is 0.342 e. The molecule has 0 fully saturated rings. The summed E-state index contributed by atoms with van der Waals surface area (Å²) in [7, 11) is 1.74. The molecule has 1 aliphatic carbocycles. The predicted octanol–water partition coefficient (Wildman–Crippen LogP) is 1.94. The van der Waals surface area contributed by atoms with Crippen LogP contribution in [-0.2, 0) is 17.6 Å². The Morgan fingerprint density at radius 2 is 1.95 bits per heavy atom. The number of nitrogens with zero attached hydrogens (tertiary/aromatic N) is 1. The minimum Gasteiger partial charge on any atom is -0.342 e. The van der Waals surface area contributed by atoms with Gasteiger partial charge in [0, 0.05) is 38.0 Å². The van der Waals surface area contributed by atoms with E-state index in [2.05, 4.69) is 6.07 Å². The van der Waals surface area contributed by atoms with Crippen LogP contribution in [0.2, 0.25) is 0 Å². The highest BCUT2D eigenvalue weighted by molar-refractivity contribution is 5.98. The van der Waals surface area contributed by atoms with Gasteiger partial charge < -0.3 is 10.6 Å². The second-order valence-electron chi connectivity index (χ2n) is 5.85. The number of carbonyl (C=O) groups excluding carboxylic acids is 2. The summed E-state index contributed by atoms with van der Waals surface area (Å²) in [5.74, 6) is 0.0225. The molecule has 0 saturated heterocycles. The first kappa shape index (κ1) is 15.7. The molecular formula is C17H24N2O2. The normalized spacial score (nSPS) is 14.6. The molecule has 1 atom stereocenters. The molecule has 0 heterocycles. The maximum absolute atomic E-state index is 12.2. The summed E-state index contributed by atoms with van der Waals surface area (Å²) in [6, 6.07) is 5.96. The maximum Gasteiger partial charge on any atom is 0.223 e. The van der Waals surface area contributed by atoms with E-state index in [0.717, 1.165) is 18.4 Å². The van der Waals surface area contributed by atoms with E-state index in [9.17, 15) is 9.59 Å². The topological polar surface area (TPSA) is 63.4 Å². The molecule has 0 aliphatic heterocycles. The monoisotopic (exact) mass is 288 g/mol. The van der Waals surface area contributed by atoms with Crippen LogP contribution in [0.1, 0.15) is 47.7 Å². The molecule has 4 heteroatoms. The molecule has 4 nitrogen and oxygen atoms in total. The number of amides is 1. The number of fused-ring (bicyclic) bond motifs is 1. The van der Waals surface area contributed by atoms with Crippen molar-refractivity contribution in [2.45, 2.75) is 45.1 Å². The molecule has 114 valence electrons. The molecule has 1 aromatic carbocycles. The van der Waals surface area contributed by atoms with Gasteiger partial charge in [0.05, 0.1) is 0 Å². The first-order valence-corrected chi connectivity index (χ1v) is 7.63. The molecule has 1 unspecified atom stereocenters. The fourth-order valence-corrected chi connectivity index (χ4v) is 2.69. The molecule has 2 N–H and O–H groups in total. The number of ketones is 1. The van der Waals surface area contributed by atoms with E-state index in [1.807, 2.05) is 19.1 Å². The molecule has 1 amide bonds. The van der Waals surface area contributed by atoms with Crippen LogP contribution < -0.4 is 5.73 Å². The van der Waals surface area contributed by atoms with Gasteiger partial charge in [-0.05, 0) is 43.4 Å². The Balaban J connectivity index is 1.91. The van der Waals surface area contributed by atoms with Crippen molar-refractivity contribution in [1.29, 1.82) is 0 Å². The lowest BCUT2D eigenvalue weighted by atomic mass is 10.0. The summed E-state index contributed by atoms with van der Waals surface area (Å²) in [4.78, 5) is 25.8. The van der Waals surface area contributed by atoms with Gasteiger partial charge in [-0.1, -0.05) is 12.1 Å². The number of rotatable bonds is 6. The second kappa shape index (κ2) is 6.85. The summed E-state index contributed by atoms with van der Waals surface area (Å²) in [5.41, 5.74) is 8.94. The molecule has 0 spiro atoms. The minimum absolute atomic E-state index is 0.00703. The molecule has 0 radical (unpaired) electrons. The van der Waals surface area contributed by atoms with Gasteiger partial charge >= 0.3 is 0 Å². The van der Waals surface area contributed by atoms with E-state index in [0.29, 0.717) is 6.54 Å². The molecule has 1 aromatic rings. The van der Waals surface area contributed by atoms with Crippen LogP contribution in [0.3, 0.4) is 0 Å². The lowest BCUT2D eigenvalue weighted by Crippen LogP contribution is -2.39. The van der Waals surface area contributed by atoms with Crippen LogP contribution in [0.4, 0.5) is 0 Å². The Bertz CT molecular complexity index is 540. The number of benzene rings is 1. The van der Waals surface area contributed by atoms with Gasteiger partial charge in [-0.2, -0.15) is 0 Å². The van der Waals surface area contributed by atoms with Crippen molar-refractivity contribution in [3.05, 3.63) is 34.9 Å². The van der Waals surface area contributed by atoms with Crippen molar-refractivity contribution in [3.63, 3.8) is 0 Å². The smallest absolute Gasteiger partial charge is 0.223 e. The molecule has 0 bridgehead atoms. The number of hydrogen-bond donors (Lipinski definition) is 1. The van der Waals surface area contributed by atoms with Crippen molar-refractivity contribution in [2.24, 2.45) is 5.73 Å². The molecule has 0 saturated carbocycles. The van der Waals surface area contributed by atoms with Gasteiger partial charge in [0.1, 0.15) is 0 Å². The van der Waals surface area contributed by atoms with Crippen LogP contribution >= 0.6 is 0 Å². The highest BCUT2D eigenvalue weighted by Gasteiger charge is 2.17. The summed E-state index contributed by atoms with van der Waals surface area (Å²) in [6.45, 7) is 2.33. The summed E-state index contributed by atoms with van der Waals surface area (Å²) < 4.78 is 0. The Morgan fingerprint density at radius 3 is 2.67 bits per heavy atom. The van der Waals surface area contributed by atoms with Gasteiger partial charge in [-0.3, -0.25) is 9.59 Å². The number of likely N-dealkylation sites (N-methyl/N-ethyl adjacent to an activating group) is 1. The van der Waals surface area contributed by atoms with E-state index in [4.69, 9.17) is 5.73 Å². The first-order chi connectivity index (χ1) is 10.0. The molecule has 21 heavy (non-hydrogen) atoms. The highest BCUT2D eigenvalue weighted by Crippen LogP contribution is 2.23. The van der Waals surface area contributed by atoms with Crippen LogP contribution in [0, 0.1) is 0 Å². The first-order valence-electron chi connectivity index (χ1n) is 7.63. The second-order valence-corrected chi connectivity index (χ2v) is 5.85. The van der Waals surface area contributed by atoms with E-state index >= 15 is 0 Å². The van der Waals surface area contributed by atoms with E-state index in [1.165, 1.54) is 17.5 Å². The average Bonchev–Trinajstić information content (AvgIpc) is 2.97. The van der Waals surface area contributed by atoms with Gasteiger partial charge in [-0.15, -0.1) is 0 Å². The highest BCUT2D eigenvalue weighted by atomic mass is 16.2. The predicted molar refractivity (Wildman–Crippen MR) is 83.3 cm³/mol. The number of nitrogens with two attached hydrogens (primary N) is 1. The Morgan fingerprint density at radius 1 is 1.24 bits per heavy atom. The van der Waals surface area contributed by atoms with Crippen molar-refractivity contribution in [2.75, 3.05) is 13.6 Å². The number of carbonyl (C=O) groups is 2. The zero-order valence-electron chi connectivity index (χ0n) is 12.9. The Kier molecular flexibility index (Phi) is 5.12. The van der Waals surface area contributed by atoms with Crippen molar-refractivity contribution >= 4 is 11.7 Å². The van der Waals surface area contributed by atoms with E-state index in [1.54, 1.807) is 11.9 Å². The third-order valence-corrected chi connectivity index (χ3v) is 4.38. The zero-order valence-corrected chi connectivity index (χ0v) is 12.9. The third-order valence-electron chi connectivity index (χ3n) is 4.38. The number of Topliss-reactive ketones (excluding diaryl/α,β-unsaturated/α-hetero) is 1. The van der Waals surface area contributed by atoms with Crippen LogP contribution in [0.25, 0.3) is 0 Å². The van der Waals surface area contributed by atoms with E-state index < -0.39 is 0 Å². The molecule has 0 aromatic heterocycles. The number of aryl methyl sites for hydroxylation is 2. The van der Waals surface area contributed by atoms with E-state index in [-0.39, 0.29) is 30.6 Å². The van der Waals surface area contributed by atoms with Crippen molar-refractivity contribution in [1.82, 2.24) is 4.90 Å². The van der Waals surface area contributed by atoms with Crippen molar-refractivity contribution in [3.8, 4) is 0 Å². The lowest BCUT2D eigenvalue weighted by Gasteiger charge is -2.23. The summed E-state index contributed by atoms with van der Waals surface area (Å²) in [5, 5.41) is 0. The van der Waals surface area contributed by atoms with Crippen LogP contribution in [0.5, 0.6) is 0 Å². The number of hydrogen-bond acceptors (Lipinski definition) is 3. The van der Waals surface area contributed by atoms with Gasteiger partial charge in [0.2, 0.25) is 5.91 Å². The standard InChI is InChI=1S/C17H24N2O2/c1-12(11-18)19(2)17(21)9-8-16(20)15-7-6-13-4-3-5-14(13)10-15/h6-7,10,12H,3-5,8-9,11,18H2,1-2H3. The fraction of sp³-hybridized carbons (Fsp3) is 0.529. The molecule has 2 rings (SSSR count). The Hall–Kier alpha value is -1.68. The van der Waals surface area contributed by atoms with Gasteiger partial charge in [-0.25, -0.2) is 0 Å². The zero-order chi connectivity index (χ0) is 15.4. The quantitative estimate of drug-likeness (QED) is 0.814. The van der Waals surface area contributed by atoms with Gasteiger partial charge in [0.25, 0.3) is 0 Å². The minimum atomic E-state index is -0.0255. The molecule has 1 aliphatic rings. The third kappa shape index (κ3) is 3.70. The van der Waals surface area contributed by atoms with Gasteiger partial charge in [0.15, 0.2) is 5.78 Å². The van der Waals surface area contributed by atoms with Crippen LogP contribution in [-0.4, -0.2) is 36.2 Å². The molecular weight excluding hydrogens is 264 g/mol. The SMILES string of the molecule is CC(CN)N(C)C(=O)CCC(=O)c1ccc2c(c1)CCC2. The van der Waals surface area contributed by atoms with Crippen LogP contribution in [0.15, 0.2) is 18.2 Å².